The summed E-state index contributed by atoms with van der Waals surface area (Å²) >= 11 is 0. The molecule has 0 aliphatic carbocycles. The molecule has 1 amide bonds. The summed E-state index contributed by atoms with van der Waals surface area (Å²) in [6.45, 7) is 3.81. The van der Waals surface area contributed by atoms with Crippen LogP contribution in [0, 0.1) is 5.92 Å². The van der Waals surface area contributed by atoms with Gasteiger partial charge in [-0.15, -0.1) is 0 Å². The largest absolute Gasteiger partial charge is 0.481 e. The average Bonchev–Trinajstić information content (AvgIpc) is 2.52. The topological polar surface area (TPSA) is 76.6 Å². The predicted octanol–water partition coefficient (Wildman–Crippen LogP) is 0.769. The van der Waals surface area contributed by atoms with E-state index in [4.69, 9.17) is 9.57 Å². The minimum Gasteiger partial charge on any atom is -0.481 e. The summed E-state index contributed by atoms with van der Waals surface area (Å²) in [6, 6.07) is 1.71. The molecule has 0 aromatic carbocycles. The van der Waals surface area contributed by atoms with Crippen molar-refractivity contribution in [3.05, 3.63) is 12.3 Å². The molecule has 1 N–H and O–H groups in total. The summed E-state index contributed by atoms with van der Waals surface area (Å²) in [5.74, 6) is 1.14. The molecule has 2 rings (SSSR count). The lowest BCUT2D eigenvalue weighted by Gasteiger charge is -2.31. The molecule has 0 unspecified atom stereocenters. The third-order valence-corrected chi connectivity index (χ3v) is 3.29. The molecule has 1 saturated heterocycles. The number of hydrogen-bond acceptors (Lipinski definition) is 6. The zero-order valence-electron chi connectivity index (χ0n) is 11.8. The molecule has 0 bridgehead atoms. The number of piperidine rings is 1. The molecular weight excluding hydrogens is 260 g/mol. The summed E-state index contributed by atoms with van der Waals surface area (Å²) in [4.78, 5) is 27.3. The number of methoxy groups -OCH3 is 1. The number of nitrogens with one attached hydrogen (secondary N) is 1. The minimum atomic E-state index is -0.0435. The lowest BCUT2D eigenvalue weighted by molar-refractivity contribution is -0.138. The van der Waals surface area contributed by atoms with Gasteiger partial charge in [0.05, 0.1) is 13.7 Å². The van der Waals surface area contributed by atoms with Crippen LogP contribution in [0.2, 0.25) is 0 Å². The Hall–Kier alpha value is -1.89. The van der Waals surface area contributed by atoms with Crippen LogP contribution in [0.4, 0.5) is 5.95 Å². The van der Waals surface area contributed by atoms with Crippen molar-refractivity contribution in [2.24, 2.45) is 5.92 Å². The summed E-state index contributed by atoms with van der Waals surface area (Å²) in [5, 5.41) is 0. The SMILES string of the molecule is CCONC(=O)C1CCN(c2nccc(OC)n2)CC1. The molecule has 0 radical (unpaired) electrons. The van der Waals surface area contributed by atoms with E-state index in [1.54, 1.807) is 19.4 Å². The number of anilines is 1. The fourth-order valence-corrected chi connectivity index (χ4v) is 2.17. The van der Waals surface area contributed by atoms with Crippen LogP contribution in [0.15, 0.2) is 12.3 Å². The number of hydrogen-bond donors (Lipinski definition) is 1. The molecule has 0 spiro atoms. The fraction of sp³-hybridized carbons (Fsp3) is 0.615. The highest BCUT2D eigenvalue weighted by Crippen LogP contribution is 2.21. The number of nitrogens with zero attached hydrogens (tertiary/aromatic N) is 3. The van der Waals surface area contributed by atoms with Gasteiger partial charge >= 0.3 is 0 Å². The Bertz CT molecular complexity index is 447. The Morgan fingerprint density at radius 3 is 2.90 bits per heavy atom. The Labute approximate surface area is 118 Å². The number of hydroxylamine groups is 1. The van der Waals surface area contributed by atoms with E-state index in [1.165, 1.54) is 0 Å². The zero-order chi connectivity index (χ0) is 14.4. The molecule has 7 nitrogen and oxygen atoms in total. The van der Waals surface area contributed by atoms with Crippen molar-refractivity contribution >= 4 is 11.9 Å². The molecule has 0 atom stereocenters. The molecular formula is C13H20N4O3. The van der Waals surface area contributed by atoms with Crippen LogP contribution < -0.4 is 15.1 Å². The normalized spacial score (nSPS) is 16.0. The Morgan fingerprint density at radius 2 is 2.25 bits per heavy atom. The molecule has 0 saturated carbocycles. The molecule has 20 heavy (non-hydrogen) atoms. The Morgan fingerprint density at radius 1 is 1.50 bits per heavy atom. The van der Waals surface area contributed by atoms with Crippen molar-refractivity contribution in [1.82, 2.24) is 15.4 Å². The highest BCUT2D eigenvalue weighted by atomic mass is 16.6. The van der Waals surface area contributed by atoms with E-state index in [9.17, 15) is 4.79 Å². The van der Waals surface area contributed by atoms with Gasteiger partial charge in [-0.25, -0.2) is 10.5 Å². The number of rotatable bonds is 5. The number of carbonyl (C=O) groups is 1. The van der Waals surface area contributed by atoms with Crippen molar-refractivity contribution in [1.29, 1.82) is 0 Å². The zero-order valence-corrected chi connectivity index (χ0v) is 11.8. The maximum atomic E-state index is 11.8. The summed E-state index contributed by atoms with van der Waals surface area (Å²) in [5.41, 5.74) is 2.47. The van der Waals surface area contributed by atoms with Crippen molar-refractivity contribution in [3.63, 3.8) is 0 Å². The van der Waals surface area contributed by atoms with Gasteiger partial charge in [-0.05, 0) is 19.8 Å². The van der Waals surface area contributed by atoms with Crippen LogP contribution in [0.3, 0.4) is 0 Å². The second-order valence-electron chi connectivity index (χ2n) is 4.56. The number of ether oxygens (including phenoxy) is 1. The van der Waals surface area contributed by atoms with E-state index in [0.29, 0.717) is 18.4 Å². The first-order chi connectivity index (χ1) is 9.74. The quantitative estimate of drug-likeness (QED) is 0.803. The van der Waals surface area contributed by atoms with Gasteiger partial charge in [0.25, 0.3) is 0 Å². The lowest BCUT2D eigenvalue weighted by atomic mass is 9.96. The standard InChI is InChI=1S/C13H20N4O3/c1-3-20-16-12(18)10-5-8-17(9-6-10)13-14-7-4-11(15-13)19-2/h4,7,10H,3,5-6,8-9H2,1-2H3,(H,16,18). The molecule has 1 aliphatic rings. The van der Waals surface area contributed by atoms with Gasteiger partial charge in [0.1, 0.15) is 0 Å². The number of amides is 1. The van der Waals surface area contributed by atoms with Gasteiger partial charge in [0.2, 0.25) is 17.7 Å². The number of aromatic nitrogens is 2. The van der Waals surface area contributed by atoms with Crippen LogP contribution in [0.25, 0.3) is 0 Å². The van der Waals surface area contributed by atoms with Gasteiger partial charge in [0, 0.05) is 31.3 Å². The molecule has 1 aromatic rings. The monoisotopic (exact) mass is 280 g/mol. The van der Waals surface area contributed by atoms with Crippen molar-refractivity contribution in [2.45, 2.75) is 19.8 Å². The van der Waals surface area contributed by atoms with Gasteiger partial charge in [0.15, 0.2) is 0 Å². The third kappa shape index (κ3) is 3.57. The van der Waals surface area contributed by atoms with Crippen LogP contribution in [0.5, 0.6) is 5.88 Å². The van der Waals surface area contributed by atoms with E-state index in [0.717, 1.165) is 25.9 Å². The van der Waals surface area contributed by atoms with Gasteiger partial charge in [-0.2, -0.15) is 4.98 Å². The van der Waals surface area contributed by atoms with Gasteiger partial charge in [-0.3, -0.25) is 9.63 Å². The van der Waals surface area contributed by atoms with Crippen molar-refractivity contribution in [3.8, 4) is 5.88 Å². The second kappa shape index (κ2) is 7.04. The van der Waals surface area contributed by atoms with Crippen LogP contribution in [0.1, 0.15) is 19.8 Å². The third-order valence-electron chi connectivity index (χ3n) is 3.29. The summed E-state index contributed by atoms with van der Waals surface area (Å²) in [6.07, 6.45) is 3.20. The van der Waals surface area contributed by atoms with E-state index in [-0.39, 0.29) is 11.8 Å². The molecule has 1 aliphatic heterocycles. The minimum absolute atomic E-state index is 0.0107. The van der Waals surface area contributed by atoms with Crippen LogP contribution >= 0.6 is 0 Å². The molecule has 2 heterocycles. The Kier molecular flexibility index (Phi) is 5.11. The van der Waals surface area contributed by atoms with Crippen molar-refractivity contribution in [2.75, 3.05) is 31.7 Å². The second-order valence-corrected chi connectivity index (χ2v) is 4.56. The predicted molar refractivity (Wildman–Crippen MR) is 73.3 cm³/mol. The highest BCUT2D eigenvalue weighted by Gasteiger charge is 2.26. The molecule has 1 aromatic heterocycles. The van der Waals surface area contributed by atoms with Gasteiger partial charge < -0.3 is 9.64 Å². The maximum Gasteiger partial charge on any atom is 0.246 e. The first kappa shape index (κ1) is 14.5. The van der Waals surface area contributed by atoms with E-state index >= 15 is 0 Å². The molecule has 7 heteroatoms. The van der Waals surface area contributed by atoms with E-state index in [2.05, 4.69) is 20.3 Å². The Balaban J connectivity index is 1.88. The fourth-order valence-electron chi connectivity index (χ4n) is 2.17. The highest BCUT2D eigenvalue weighted by molar-refractivity contribution is 5.77. The lowest BCUT2D eigenvalue weighted by Crippen LogP contribution is -2.41. The van der Waals surface area contributed by atoms with E-state index < -0.39 is 0 Å². The summed E-state index contributed by atoms with van der Waals surface area (Å²) in [7, 11) is 1.58. The first-order valence-corrected chi connectivity index (χ1v) is 6.78. The van der Waals surface area contributed by atoms with Gasteiger partial charge in [-0.1, -0.05) is 0 Å². The first-order valence-electron chi connectivity index (χ1n) is 6.78. The van der Waals surface area contributed by atoms with Crippen LogP contribution in [-0.2, 0) is 9.63 Å². The van der Waals surface area contributed by atoms with Crippen LogP contribution in [-0.4, -0.2) is 42.7 Å². The average molecular weight is 280 g/mol. The number of carbonyl (C=O) groups excluding carboxylic acids is 1. The smallest absolute Gasteiger partial charge is 0.246 e. The van der Waals surface area contributed by atoms with Crippen molar-refractivity contribution < 1.29 is 14.4 Å². The molecule has 110 valence electrons. The van der Waals surface area contributed by atoms with E-state index in [1.807, 2.05) is 6.92 Å². The summed E-state index contributed by atoms with van der Waals surface area (Å²) < 4.78 is 5.09. The maximum absolute atomic E-state index is 11.8. The molecule has 1 fully saturated rings.